The molecule has 6 heteroatoms. The lowest BCUT2D eigenvalue weighted by molar-refractivity contribution is 1.04. The van der Waals surface area contributed by atoms with E-state index >= 15 is 0 Å². The van der Waals surface area contributed by atoms with E-state index in [2.05, 4.69) is 27.7 Å². The Morgan fingerprint density at radius 2 is 2.29 bits per heavy atom. The van der Waals surface area contributed by atoms with Gasteiger partial charge in [0.05, 0.1) is 11.7 Å². The van der Waals surface area contributed by atoms with Crippen LogP contribution in [0.5, 0.6) is 0 Å². The molecule has 0 atom stereocenters. The van der Waals surface area contributed by atoms with Gasteiger partial charge in [0.1, 0.15) is 0 Å². The van der Waals surface area contributed by atoms with Gasteiger partial charge in [0.15, 0.2) is 5.11 Å². The Kier molecular flexibility index (Phi) is 3.51. The fraction of sp³-hybridized carbons (Fsp3) is 0. The predicted octanol–water partition coefficient (Wildman–Crippen LogP) is 2.06. The highest BCUT2D eigenvalue weighted by atomic mass is 35.5. The molecule has 0 aliphatic carbocycles. The SMILES string of the molecule is NC(=S)N/N=C/c1ccnc2cc(Cl)ccc12. The summed E-state index contributed by atoms with van der Waals surface area (Å²) in [7, 11) is 0. The summed E-state index contributed by atoms with van der Waals surface area (Å²) in [6.45, 7) is 0. The van der Waals surface area contributed by atoms with Crippen LogP contribution < -0.4 is 11.2 Å². The molecular formula is C11H9ClN4S. The Hall–Kier alpha value is -1.72. The Morgan fingerprint density at radius 1 is 1.47 bits per heavy atom. The van der Waals surface area contributed by atoms with Crippen LogP contribution in [-0.4, -0.2) is 16.3 Å². The van der Waals surface area contributed by atoms with Crippen molar-refractivity contribution in [3.8, 4) is 0 Å². The van der Waals surface area contributed by atoms with E-state index < -0.39 is 0 Å². The smallest absolute Gasteiger partial charge is 0.184 e. The van der Waals surface area contributed by atoms with Gasteiger partial charge in [0, 0.05) is 22.2 Å². The highest BCUT2D eigenvalue weighted by molar-refractivity contribution is 7.80. The molecule has 0 saturated heterocycles. The molecule has 0 spiro atoms. The number of rotatable bonds is 2. The summed E-state index contributed by atoms with van der Waals surface area (Å²) in [5, 5.41) is 5.66. The van der Waals surface area contributed by atoms with Crippen molar-refractivity contribution in [3.63, 3.8) is 0 Å². The minimum atomic E-state index is 0.127. The predicted molar refractivity (Wildman–Crippen MR) is 74.3 cm³/mol. The van der Waals surface area contributed by atoms with Crippen LogP contribution in [0.25, 0.3) is 10.9 Å². The van der Waals surface area contributed by atoms with Crippen molar-refractivity contribution in [2.75, 3.05) is 0 Å². The van der Waals surface area contributed by atoms with Crippen molar-refractivity contribution in [2.45, 2.75) is 0 Å². The van der Waals surface area contributed by atoms with Crippen molar-refractivity contribution < 1.29 is 0 Å². The summed E-state index contributed by atoms with van der Waals surface area (Å²) in [4.78, 5) is 4.23. The Labute approximate surface area is 108 Å². The number of fused-ring (bicyclic) bond motifs is 1. The molecule has 0 aliphatic heterocycles. The number of benzene rings is 1. The van der Waals surface area contributed by atoms with Crippen molar-refractivity contribution in [3.05, 3.63) is 41.0 Å². The van der Waals surface area contributed by atoms with Gasteiger partial charge >= 0.3 is 0 Å². The van der Waals surface area contributed by atoms with Crippen molar-refractivity contribution >= 4 is 46.0 Å². The molecule has 4 nitrogen and oxygen atoms in total. The third-order valence-corrected chi connectivity index (χ3v) is 2.44. The maximum Gasteiger partial charge on any atom is 0.184 e. The normalized spacial score (nSPS) is 10.9. The van der Waals surface area contributed by atoms with E-state index in [9.17, 15) is 0 Å². The van der Waals surface area contributed by atoms with E-state index in [0.29, 0.717) is 5.02 Å². The second-order valence-corrected chi connectivity index (χ2v) is 4.17. The van der Waals surface area contributed by atoms with Crippen molar-refractivity contribution in [1.82, 2.24) is 10.4 Å². The Morgan fingerprint density at radius 3 is 3.06 bits per heavy atom. The molecule has 0 saturated carbocycles. The van der Waals surface area contributed by atoms with Gasteiger partial charge < -0.3 is 5.73 Å². The molecule has 0 fully saturated rings. The zero-order valence-corrected chi connectivity index (χ0v) is 10.3. The number of nitrogens with one attached hydrogen (secondary N) is 1. The lowest BCUT2D eigenvalue weighted by Crippen LogP contribution is -2.24. The first-order valence-corrected chi connectivity index (χ1v) is 5.58. The molecule has 2 aromatic rings. The van der Waals surface area contributed by atoms with Gasteiger partial charge in [-0.2, -0.15) is 5.10 Å². The van der Waals surface area contributed by atoms with Crippen LogP contribution in [0.15, 0.2) is 35.6 Å². The molecule has 1 aromatic carbocycles. The average molecular weight is 265 g/mol. The number of halogens is 1. The number of hydrogen-bond donors (Lipinski definition) is 2. The minimum absolute atomic E-state index is 0.127. The second kappa shape index (κ2) is 5.07. The van der Waals surface area contributed by atoms with Crippen LogP contribution in [-0.2, 0) is 0 Å². The van der Waals surface area contributed by atoms with E-state index in [4.69, 9.17) is 17.3 Å². The molecule has 0 radical (unpaired) electrons. The molecule has 3 N–H and O–H groups in total. The number of thiocarbonyl (C=S) groups is 1. The van der Waals surface area contributed by atoms with Crippen LogP contribution in [0, 0.1) is 0 Å². The third kappa shape index (κ3) is 2.89. The standard InChI is InChI=1S/C11H9ClN4S/c12-8-1-2-9-7(6-15-16-11(13)17)3-4-14-10(9)5-8/h1-6H,(H3,13,16,17)/b15-6+. The average Bonchev–Trinajstić information content (AvgIpc) is 2.28. The summed E-state index contributed by atoms with van der Waals surface area (Å²) < 4.78 is 0. The van der Waals surface area contributed by atoms with E-state index in [1.807, 2.05) is 18.2 Å². The monoisotopic (exact) mass is 264 g/mol. The first kappa shape index (κ1) is 11.8. The first-order chi connectivity index (χ1) is 8.16. The van der Waals surface area contributed by atoms with Gasteiger partial charge in [-0.05, 0) is 30.4 Å². The number of hydrazone groups is 1. The van der Waals surface area contributed by atoms with Crippen LogP contribution in [0.3, 0.4) is 0 Å². The Balaban J connectivity index is 2.40. The number of aromatic nitrogens is 1. The molecule has 0 bridgehead atoms. The molecule has 0 aliphatic rings. The number of pyridine rings is 1. The molecule has 0 unspecified atom stereocenters. The lowest BCUT2D eigenvalue weighted by atomic mass is 10.1. The number of nitrogens with zero attached hydrogens (tertiary/aromatic N) is 2. The largest absolute Gasteiger partial charge is 0.375 e. The maximum atomic E-state index is 5.90. The van der Waals surface area contributed by atoms with Crippen LogP contribution in [0.4, 0.5) is 0 Å². The summed E-state index contributed by atoms with van der Waals surface area (Å²) >= 11 is 10.5. The van der Waals surface area contributed by atoms with Gasteiger partial charge in [-0.15, -0.1) is 0 Å². The second-order valence-electron chi connectivity index (χ2n) is 3.30. The Bertz CT molecular complexity index is 597. The van der Waals surface area contributed by atoms with E-state index in [-0.39, 0.29) is 5.11 Å². The van der Waals surface area contributed by atoms with Crippen LogP contribution >= 0.6 is 23.8 Å². The molecule has 1 heterocycles. The third-order valence-electron chi connectivity index (χ3n) is 2.12. The lowest BCUT2D eigenvalue weighted by Gasteiger charge is -2.01. The topological polar surface area (TPSA) is 63.3 Å². The highest BCUT2D eigenvalue weighted by Gasteiger charge is 2.00. The fourth-order valence-electron chi connectivity index (χ4n) is 1.42. The summed E-state index contributed by atoms with van der Waals surface area (Å²) in [6, 6.07) is 7.35. The quantitative estimate of drug-likeness (QED) is 0.495. The first-order valence-electron chi connectivity index (χ1n) is 4.79. The van der Waals surface area contributed by atoms with E-state index in [0.717, 1.165) is 16.5 Å². The minimum Gasteiger partial charge on any atom is -0.375 e. The zero-order chi connectivity index (χ0) is 12.3. The molecule has 2 rings (SSSR count). The zero-order valence-electron chi connectivity index (χ0n) is 8.72. The van der Waals surface area contributed by atoms with Crippen LogP contribution in [0.1, 0.15) is 5.56 Å². The van der Waals surface area contributed by atoms with E-state index in [1.54, 1.807) is 18.5 Å². The highest BCUT2D eigenvalue weighted by Crippen LogP contribution is 2.19. The summed E-state index contributed by atoms with van der Waals surface area (Å²) in [6.07, 6.45) is 3.33. The molecule has 0 amide bonds. The summed E-state index contributed by atoms with van der Waals surface area (Å²) in [5.41, 5.74) is 9.50. The van der Waals surface area contributed by atoms with Crippen LogP contribution in [0.2, 0.25) is 5.02 Å². The van der Waals surface area contributed by atoms with Gasteiger partial charge in [-0.1, -0.05) is 17.7 Å². The molecule has 1 aromatic heterocycles. The summed E-state index contributed by atoms with van der Waals surface area (Å²) in [5.74, 6) is 0. The van der Waals surface area contributed by atoms with E-state index in [1.165, 1.54) is 0 Å². The fourth-order valence-corrected chi connectivity index (χ4v) is 1.64. The van der Waals surface area contributed by atoms with Crippen molar-refractivity contribution in [1.29, 1.82) is 0 Å². The van der Waals surface area contributed by atoms with Crippen molar-refractivity contribution in [2.24, 2.45) is 10.8 Å². The van der Waals surface area contributed by atoms with Gasteiger partial charge in [-0.3, -0.25) is 10.4 Å². The molecule has 86 valence electrons. The van der Waals surface area contributed by atoms with Gasteiger partial charge in [0.25, 0.3) is 0 Å². The maximum absolute atomic E-state index is 5.90. The van der Waals surface area contributed by atoms with Gasteiger partial charge in [-0.25, -0.2) is 0 Å². The van der Waals surface area contributed by atoms with Gasteiger partial charge in [0.2, 0.25) is 0 Å². The molecule has 17 heavy (non-hydrogen) atoms. The number of hydrogen-bond acceptors (Lipinski definition) is 3. The molecular weight excluding hydrogens is 256 g/mol. The number of nitrogens with two attached hydrogens (primary N) is 1.